The van der Waals surface area contributed by atoms with E-state index >= 15 is 0 Å². The molecule has 1 amide bonds. The molecule has 3 rings (SSSR count). The second kappa shape index (κ2) is 8.15. The van der Waals surface area contributed by atoms with Gasteiger partial charge in [-0.15, -0.1) is 5.10 Å². The van der Waals surface area contributed by atoms with Crippen molar-refractivity contribution in [3.8, 4) is 5.75 Å². The van der Waals surface area contributed by atoms with Gasteiger partial charge in [0.2, 0.25) is 5.91 Å². The maximum Gasteiger partial charge on any atom is 0.339 e. The molecule has 1 N–H and O–H groups in total. The second-order valence-corrected chi connectivity index (χ2v) is 9.12. The Morgan fingerprint density at radius 1 is 1.18 bits per heavy atom. The number of hydrogen-bond acceptors (Lipinski definition) is 7. The molecule has 0 bridgehead atoms. The number of thioether (sulfide) groups is 1. The van der Waals surface area contributed by atoms with Crippen LogP contribution in [-0.4, -0.2) is 31.0 Å². The molecule has 2 aromatic rings. The van der Waals surface area contributed by atoms with Crippen LogP contribution in [0.1, 0.15) is 23.6 Å². The van der Waals surface area contributed by atoms with Crippen LogP contribution in [0.25, 0.3) is 0 Å². The van der Waals surface area contributed by atoms with E-state index in [9.17, 15) is 13.2 Å². The first-order chi connectivity index (χ1) is 13.2. The van der Waals surface area contributed by atoms with Crippen molar-refractivity contribution in [2.45, 2.75) is 30.9 Å². The van der Waals surface area contributed by atoms with Crippen molar-refractivity contribution < 1.29 is 17.4 Å². The Hall–Kier alpha value is -2.65. The van der Waals surface area contributed by atoms with Gasteiger partial charge >= 0.3 is 10.1 Å². The fourth-order valence-electron chi connectivity index (χ4n) is 2.45. The third-order valence-corrected chi connectivity index (χ3v) is 6.29. The van der Waals surface area contributed by atoms with Crippen molar-refractivity contribution in [2.75, 3.05) is 0 Å². The van der Waals surface area contributed by atoms with Crippen molar-refractivity contribution in [1.29, 1.82) is 0 Å². The fraction of sp³-hybridized carbons (Fsp3) is 0.211. The van der Waals surface area contributed by atoms with Crippen molar-refractivity contribution in [1.82, 2.24) is 5.32 Å². The van der Waals surface area contributed by atoms with E-state index in [1.165, 1.54) is 18.0 Å². The van der Waals surface area contributed by atoms with Crippen LogP contribution in [0, 0.1) is 13.8 Å². The van der Waals surface area contributed by atoms with E-state index in [4.69, 9.17) is 4.18 Å². The van der Waals surface area contributed by atoms with E-state index in [2.05, 4.69) is 15.5 Å². The van der Waals surface area contributed by atoms with E-state index < -0.39 is 10.1 Å². The number of amidine groups is 1. The van der Waals surface area contributed by atoms with Gasteiger partial charge in [0, 0.05) is 0 Å². The highest BCUT2D eigenvalue weighted by molar-refractivity contribution is 8.15. The van der Waals surface area contributed by atoms with Gasteiger partial charge in [0.05, 0.1) is 11.5 Å². The van der Waals surface area contributed by atoms with Gasteiger partial charge < -0.3 is 9.50 Å². The minimum absolute atomic E-state index is 0.106. The summed E-state index contributed by atoms with van der Waals surface area (Å²) in [6.07, 6.45) is 1.46. The van der Waals surface area contributed by atoms with E-state index in [1.807, 2.05) is 13.0 Å². The maximum atomic E-state index is 12.6. The summed E-state index contributed by atoms with van der Waals surface area (Å²) >= 11 is 1.29. The second-order valence-electron chi connectivity index (χ2n) is 6.28. The lowest BCUT2D eigenvalue weighted by molar-refractivity contribution is -0.118. The average Bonchev–Trinajstić information content (AvgIpc) is 2.95. The van der Waals surface area contributed by atoms with Gasteiger partial charge in [-0.3, -0.25) is 4.79 Å². The molecule has 1 aliphatic heterocycles. The van der Waals surface area contributed by atoms with Crippen molar-refractivity contribution in [3.63, 3.8) is 0 Å². The predicted molar refractivity (Wildman–Crippen MR) is 110 cm³/mol. The molecule has 0 spiro atoms. The molecular formula is C19H19N3O4S2. The minimum Gasteiger partial charge on any atom is -0.379 e. The molecule has 146 valence electrons. The normalized spacial score (nSPS) is 18.6. The molecule has 0 saturated carbocycles. The number of hydrogen-bond donors (Lipinski definition) is 1. The Morgan fingerprint density at radius 3 is 2.68 bits per heavy atom. The first-order valence-corrected chi connectivity index (χ1v) is 10.7. The molecule has 1 saturated heterocycles. The molecule has 1 aliphatic rings. The zero-order valence-electron chi connectivity index (χ0n) is 15.5. The van der Waals surface area contributed by atoms with Crippen LogP contribution in [0.3, 0.4) is 0 Å². The highest BCUT2D eigenvalue weighted by atomic mass is 32.2. The van der Waals surface area contributed by atoms with Crippen LogP contribution in [0.15, 0.2) is 57.6 Å². The molecule has 0 radical (unpaired) electrons. The smallest absolute Gasteiger partial charge is 0.339 e. The molecule has 9 heteroatoms. The molecule has 1 atom stereocenters. The summed E-state index contributed by atoms with van der Waals surface area (Å²) in [6, 6.07) is 11.7. The molecule has 0 aliphatic carbocycles. The zero-order chi connectivity index (χ0) is 20.3. The Labute approximate surface area is 168 Å². The Bertz CT molecular complexity index is 1080. The standard InChI is InChI=1S/C19H19N3O4S2/c1-12-7-8-13(2)17(9-12)28(24,25)26-16-6-4-5-15(10-16)11-20-22-19-21-18(23)14(3)27-19/h4-11,14H,1-3H3,(H,21,22,23)/b20-11-/t14-/m0/s1. The monoisotopic (exact) mass is 417 g/mol. The first kappa shape index (κ1) is 20.1. The molecule has 0 unspecified atom stereocenters. The lowest BCUT2D eigenvalue weighted by Crippen LogP contribution is -2.23. The van der Waals surface area contributed by atoms with Crippen LogP contribution in [0.5, 0.6) is 5.75 Å². The van der Waals surface area contributed by atoms with Gasteiger partial charge in [0.25, 0.3) is 0 Å². The summed E-state index contributed by atoms with van der Waals surface area (Å²) in [5.41, 5.74) is 2.06. The van der Waals surface area contributed by atoms with Crippen LogP contribution in [-0.2, 0) is 14.9 Å². The van der Waals surface area contributed by atoms with Gasteiger partial charge in [-0.2, -0.15) is 13.5 Å². The largest absolute Gasteiger partial charge is 0.379 e. The molecular weight excluding hydrogens is 398 g/mol. The Morgan fingerprint density at radius 2 is 1.96 bits per heavy atom. The summed E-state index contributed by atoms with van der Waals surface area (Å²) in [4.78, 5) is 11.6. The molecule has 2 aromatic carbocycles. The summed E-state index contributed by atoms with van der Waals surface area (Å²) in [5, 5.41) is 10.7. The number of nitrogens with zero attached hydrogens (tertiary/aromatic N) is 2. The average molecular weight is 418 g/mol. The molecule has 28 heavy (non-hydrogen) atoms. The summed E-state index contributed by atoms with van der Waals surface area (Å²) in [7, 11) is -3.95. The number of amides is 1. The van der Waals surface area contributed by atoms with Gasteiger partial charge in [-0.05, 0) is 55.7 Å². The summed E-state index contributed by atoms with van der Waals surface area (Å²) in [5.74, 6) is 0.0701. The van der Waals surface area contributed by atoms with Crippen molar-refractivity contribution >= 4 is 39.2 Å². The third kappa shape index (κ3) is 4.79. The van der Waals surface area contributed by atoms with Gasteiger partial charge in [0.1, 0.15) is 10.6 Å². The zero-order valence-corrected chi connectivity index (χ0v) is 17.2. The van der Waals surface area contributed by atoms with E-state index in [0.29, 0.717) is 16.3 Å². The number of rotatable bonds is 5. The van der Waals surface area contributed by atoms with Gasteiger partial charge in [-0.25, -0.2) is 0 Å². The predicted octanol–water partition coefficient (Wildman–Crippen LogP) is 3.01. The van der Waals surface area contributed by atoms with Crippen molar-refractivity contribution in [2.24, 2.45) is 10.2 Å². The summed E-state index contributed by atoms with van der Waals surface area (Å²) in [6.45, 7) is 5.32. The minimum atomic E-state index is -3.95. The first-order valence-electron chi connectivity index (χ1n) is 8.45. The topological polar surface area (TPSA) is 97.2 Å². The number of aryl methyl sites for hydroxylation is 2. The summed E-state index contributed by atoms with van der Waals surface area (Å²) < 4.78 is 30.5. The third-order valence-electron chi connectivity index (χ3n) is 3.92. The molecule has 1 heterocycles. The van der Waals surface area contributed by atoms with Crippen LogP contribution >= 0.6 is 11.8 Å². The number of carbonyl (C=O) groups excluding carboxylic acids is 1. The van der Waals surface area contributed by atoms with E-state index in [-0.39, 0.29) is 21.8 Å². The molecule has 7 nitrogen and oxygen atoms in total. The number of nitrogens with one attached hydrogen (secondary N) is 1. The lowest BCUT2D eigenvalue weighted by Gasteiger charge is -2.10. The number of carbonyl (C=O) groups is 1. The van der Waals surface area contributed by atoms with E-state index in [1.54, 1.807) is 50.2 Å². The highest BCUT2D eigenvalue weighted by Crippen LogP contribution is 2.23. The molecule has 1 fully saturated rings. The molecule has 0 aromatic heterocycles. The van der Waals surface area contributed by atoms with Gasteiger partial charge in [-0.1, -0.05) is 36.0 Å². The fourth-order valence-corrected chi connectivity index (χ4v) is 4.44. The Kier molecular flexibility index (Phi) is 5.85. The number of benzene rings is 2. The quantitative estimate of drug-likeness (QED) is 0.458. The maximum absolute atomic E-state index is 12.6. The van der Waals surface area contributed by atoms with Crippen LogP contribution < -0.4 is 9.50 Å². The highest BCUT2D eigenvalue weighted by Gasteiger charge is 2.25. The van der Waals surface area contributed by atoms with Crippen LogP contribution in [0.2, 0.25) is 0 Å². The van der Waals surface area contributed by atoms with Crippen LogP contribution in [0.4, 0.5) is 0 Å². The van der Waals surface area contributed by atoms with Crippen molar-refractivity contribution in [3.05, 3.63) is 59.2 Å². The van der Waals surface area contributed by atoms with E-state index in [0.717, 1.165) is 5.56 Å². The SMILES string of the molecule is Cc1ccc(C)c(S(=O)(=O)Oc2cccc(/C=N\N=C3/NC(=O)[C@H](C)S3)c2)c1. The lowest BCUT2D eigenvalue weighted by atomic mass is 10.2. The van der Waals surface area contributed by atoms with Gasteiger partial charge in [0.15, 0.2) is 5.17 Å². The Balaban J connectivity index is 1.76.